The fourth-order valence-electron chi connectivity index (χ4n) is 11.5. The fourth-order valence-corrected chi connectivity index (χ4v) is 11.5. The summed E-state index contributed by atoms with van der Waals surface area (Å²) in [6.07, 6.45) is 5.82. The number of rotatable bonds is 6. The SMILES string of the molecule is CC1(C)C2=C(C=CC(n3c(-c4ccccc4)ccc3-c3ccccc3)C2)c2ccc(-c3ccc4c(-c5ccc6ccccc6c5)c5ccccc5c(-c5ccc6ccccc6c5)c4c3)cc21. The van der Waals surface area contributed by atoms with E-state index in [1.807, 2.05) is 0 Å². The Balaban J connectivity index is 0.945. The largest absolute Gasteiger partial charge is 0.333 e. The average Bonchev–Trinajstić information content (AvgIpc) is 3.92. The lowest BCUT2D eigenvalue weighted by molar-refractivity contribution is 0.534. The van der Waals surface area contributed by atoms with Gasteiger partial charge in [-0.3, -0.25) is 0 Å². The molecule has 0 N–H and O–H groups in total. The van der Waals surface area contributed by atoms with E-state index in [9.17, 15) is 0 Å². The van der Waals surface area contributed by atoms with Crippen molar-refractivity contribution < 1.29 is 0 Å². The smallest absolute Gasteiger partial charge is 0.0563 e. The van der Waals surface area contributed by atoms with Crippen LogP contribution in [-0.4, -0.2) is 4.57 Å². The maximum atomic E-state index is 2.58. The van der Waals surface area contributed by atoms with Gasteiger partial charge in [-0.15, -0.1) is 0 Å². The van der Waals surface area contributed by atoms with Gasteiger partial charge in [-0.1, -0.05) is 208 Å². The zero-order valence-electron chi connectivity index (χ0n) is 37.2. The summed E-state index contributed by atoms with van der Waals surface area (Å²) in [4.78, 5) is 0. The van der Waals surface area contributed by atoms with Crippen LogP contribution in [0.4, 0.5) is 0 Å². The highest BCUT2D eigenvalue weighted by Crippen LogP contribution is 2.54. The van der Waals surface area contributed by atoms with Gasteiger partial charge in [0.25, 0.3) is 0 Å². The second-order valence-corrected chi connectivity index (χ2v) is 18.8. The van der Waals surface area contributed by atoms with Crippen molar-refractivity contribution >= 4 is 48.7 Å². The Bertz CT molecular complexity index is 3750. The van der Waals surface area contributed by atoms with Crippen molar-refractivity contribution in [2.24, 2.45) is 0 Å². The van der Waals surface area contributed by atoms with Crippen LogP contribution in [0.3, 0.4) is 0 Å². The van der Waals surface area contributed by atoms with Crippen LogP contribution >= 0.6 is 0 Å². The lowest BCUT2D eigenvalue weighted by Crippen LogP contribution is -2.22. The second kappa shape index (κ2) is 15.0. The number of hydrogen-bond acceptors (Lipinski definition) is 0. The summed E-state index contributed by atoms with van der Waals surface area (Å²) in [5.41, 5.74) is 18.0. The predicted molar refractivity (Wildman–Crippen MR) is 281 cm³/mol. The fraction of sp³-hybridized carbons (Fsp3) is 0.0769. The number of allylic oxidation sites excluding steroid dienone is 4. The summed E-state index contributed by atoms with van der Waals surface area (Å²) < 4.78 is 2.58. The molecule has 1 heteroatoms. The van der Waals surface area contributed by atoms with Crippen LogP contribution < -0.4 is 0 Å². The first-order valence-electron chi connectivity index (χ1n) is 23.3. The van der Waals surface area contributed by atoms with Crippen LogP contribution in [0.1, 0.15) is 37.4 Å². The van der Waals surface area contributed by atoms with E-state index in [2.05, 4.69) is 249 Å². The zero-order valence-corrected chi connectivity index (χ0v) is 37.2. The summed E-state index contributed by atoms with van der Waals surface area (Å²) >= 11 is 0. The van der Waals surface area contributed by atoms with Crippen molar-refractivity contribution in [1.82, 2.24) is 4.57 Å². The molecule has 0 amide bonds. The first-order valence-corrected chi connectivity index (χ1v) is 23.3. The molecule has 0 fully saturated rings. The topological polar surface area (TPSA) is 4.93 Å². The Morgan fingerprint density at radius 3 is 1.48 bits per heavy atom. The molecular weight excluding hydrogens is 795 g/mol. The van der Waals surface area contributed by atoms with Crippen LogP contribution in [0, 0.1) is 0 Å². The normalized spacial score (nSPS) is 15.2. The molecule has 1 nitrogen and oxygen atoms in total. The van der Waals surface area contributed by atoms with Gasteiger partial charge in [0.05, 0.1) is 6.04 Å². The molecule has 0 aliphatic heterocycles. The van der Waals surface area contributed by atoms with Crippen LogP contribution in [0.5, 0.6) is 0 Å². The van der Waals surface area contributed by atoms with Gasteiger partial charge in [-0.25, -0.2) is 0 Å². The van der Waals surface area contributed by atoms with Gasteiger partial charge in [0.1, 0.15) is 0 Å². The van der Waals surface area contributed by atoms with Gasteiger partial charge in [-0.05, 0) is 153 Å². The number of fused-ring (bicyclic) bond motifs is 6. The molecule has 1 aromatic heterocycles. The Morgan fingerprint density at radius 2 is 0.879 bits per heavy atom. The summed E-state index contributed by atoms with van der Waals surface area (Å²) in [5.74, 6) is 0. The molecule has 11 aromatic rings. The van der Waals surface area contributed by atoms with E-state index in [-0.39, 0.29) is 11.5 Å². The van der Waals surface area contributed by atoms with E-state index in [0.29, 0.717) is 0 Å². The van der Waals surface area contributed by atoms with Crippen molar-refractivity contribution in [3.05, 3.63) is 247 Å². The third kappa shape index (κ3) is 6.07. The third-order valence-electron chi connectivity index (χ3n) is 14.8. The molecule has 1 unspecified atom stereocenters. The molecule has 0 spiro atoms. The zero-order chi connectivity index (χ0) is 43.9. The Kier molecular flexibility index (Phi) is 8.77. The van der Waals surface area contributed by atoms with Gasteiger partial charge in [0.15, 0.2) is 0 Å². The summed E-state index contributed by atoms with van der Waals surface area (Å²) in [5, 5.41) is 10.1. The minimum absolute atomic E-state index is 0.150. The number of hydrogen-bond donors (Lipinski definition) is 0. The minimum Gasteiger partial charge on any atom is -0.333 e. The number of aromatic nitrogens is 1. The first kappa shape index (κ1) is 38.5. The maximum absolute atomic E-state index is 2.58. The summed E-state index contributed by atoms with van der Waals surface area (Å²) in [6, 6.07) is 81.4. The van der Waals surface area contributed by atoms with Crippen molar-refractivity contribution in [3.8, 4) is 55.9 Å². The van der Waals surface area contributed by atoms with Gasteiger partial charge < -0.3 is 4.57 Å². The highest BCUT2D eigenvalue weighted by Gasteiger charge is 2.40. The highest BCUT2D eigenvalue weighted by molar-refractivity contribution is 6.22. The Hall–Kier alpha value is -8.00. The van der Waals surface area contributed by atoms with Crippen molar-refractivity contribution in [1.29, 1.82) is 0 Å². The lowest BCUT2D eigenvalue weighted by atomic mass is 9.77. The van der Waals surface area contributed by atoms with Gasteiger partial charge in [0, 0.05) is 16.8 Å². The molecule has 66 heavy (non-hydrogen) atoms. The molecule has 2 aliphatic carbocycles. The van der Waals surface area contributed by atoms with Crippen LogP contribution in [0.25, 0.3) is 105 Å². The second-order valence-electron chi connectivity index (χ2n) is 18.8. The lowest BCUT2D eigenvalue weighted by Gasteiger charge is -2.31. The molecule has 0 saturated carbocycles. The van der Waals surface area contributed by atoms with Gasteiger partial charge in [0.2, 0.25) is 0 Å². The Labute approximate surface area is 386 Å². The summed E-state index contributed by atoms with van der Waals surface area (Å²) in [7, 11) is 0. The Morgan fingerprint density at radius 1 is 0.394 bits per heavy atom. The van der Waals surface area contributed by atoms with Crippen molar-refractivity contribution in [3.63, 3.8) is 0 Å². The molecule has 13 rings (SSSR count). The molecule has 0 bridgehead atoms. The molecule has 0 radical (unpaired) electrons. The quantitative estimate of drug-likeness (QED) is 0.147. The monoisotopic (exact) mass is 841 g/mol. The molecule has 1 heterocycles. The van der Waals surface area contributed by atoms with E-state index in [4.69, 9.17) is 0 Å². The van der Waals surface area contributed by atoms with Gasteiger partial charge in [-0.2, -0.15) is 0 Å². The third-order valence-corrected chi connectivity index (χ3v) is 14.8. The number of nitrogens with zero attached hydrogens (tertiary/aromatic N) is 1. The molecular formula is C65H47N. The van der Waals surface area contributed by atoms with Crippen LogP contribution in [-0.2, 0) is 5.41 Å². The molecule has 10 aromatic carbocycles. The molecule has 2 aliphatic rings. The standard InChI is InChI=1S/C65H47N/c1-65(2)59-40-49(29-32-53(59)54-34-31-52(41-60(54)65)66-61(44-17-5-3-6-18-44)35-36-62(66)45-19-7-4-8-20-45)48-30-33-57-58(39-48)64(51-28-26-43-16-10-12-22-47(43)38-51)56-24-14-13-23-55(56)63(57)50-27-25-42-15-9-11-21-46(42)37-50/h3-40,52H,41H2,1-2H3. The van der Waals surface area contributed by atoms with E-state index in [1.165, 1.54) is 121 Å². The molecule has 1 atom stereocenters. The van der Waals surface area contributed by atoms with E-state index in [1.54, 1.807) is 0 Å². The number of benzene rings is 10. The highest BCUT2D eigenvalue weighted by atomic mass is 15.0. The van der Waals surface area contributed by atoms with E-state index in [0.717, 1.165) is 6.42 Å². The van der Waals surface area contributed by atoms with Crippen molar-refractivity contribution in [2.75, 3.05) is 0 Å². The van der Waals surface area contributed by atoms with Crippen molar-refractivity contribution in [2.45, 2.75) is 31.7 Å². The average molecular weight is 842 g/mol. The van der Waals surface area contributed by atoms with Gasteiger partial charge >= 0.3 is 0 Å². The molecule has 0 saturated heterocycles. The molecule has 312 valence electrons. The predicted octanol–water partition coefficient (Wildman–Crippen LogP) is 17.7. The summed E-state index contributed by atoms with van der Waals surface area (Å²) in [6.45, 7) is 4.89. The van der Waals surface area contributed by atoms with E-state index >= 15 is 0 Å². The maximum Gasteiger partial charge on any atom is 0.0563 e. The minimum atomic E-state index is -0.150. The van der Waals surface area contributed by atoms with Crippen LogP contribution in [0.2, 0.25) is 0 Å². The first-order chi connectivity index (χ1) is 32.5. The van der Waals surface area contributed by atoms with Crippen LogP contribution in [0.15, 0.2) is 236 Å². The van der Waals surface area contributed by atoms with E-state index < -0.39 is 0 Å².